The Labute approximate surface area is 84.5 Å². The Hall–Kier alpha value is -1.02. The summed E-state index contributed by atoms with van der Waals surface area (Å²) in [5.41, 5.74) is 2.77. The number of hydrogen-bond acceptors (Lipinski definition) is 2. The molecule has 2 atom stereocenters. The van der Waals surface area contributed by atoms with Crippen LogP contribution in [0.3, 0.4) is 0 Å². The van der Waals surface area contributed by atoms with Crippen LogP contribution in [0.15, 0.2) is 24.3 Å². The van der Waals surface area contributed by atoms with Crippen molar-refractivity contribution in [3.8, 4) is 0 Å². The Morgan fingerprint density at radius 3 is 2.86 bits per heavy atom. The molecule has 2 aliphatic heterocycles. The smallest absolute Gasteiger partial charge is 0.0771 e. The largest absolute Gasteiger partial charge is 0.374 e. The van der Waals surface area contributed by atoms with Crippen molar-refractivity contribution in [2.24, 2.45) is 0 Å². The van der Waals surface area contributed by atoms with E-state index < -0.39 is 0 Å². The van der Waals surface area contributed by atoms with Crippen LogP contribution in [0.25, 0.3) is 0 Å². The summed E-state index contributed by atoms with van der Waals surface area (Å²) in [6.45, 7) is 4.18. The van der Waals surface area contributed by atoms with Gasteiger partial charge in [0.25, 0.3) is 0 Å². The number of rotatable bonds is 1. The third-order valence-corrected chi connectivity index (χ3v) is 3.33. The summed E-state index contributed by atoms with van der Waals surface area (Å²) in [5.74, 6) is 0. The standard InChI is InChI=1S/C12H15NO/c1-9-4-2-3-5-12(9)13-7-11-6-10(13)8-14-11/h2-5,10-11H,6-8H2,1H3. The van der Waals surface area contributed by atoms with Gasteiger partial charge in [0.05, 0.1) is 18.8 Å². The van der Waals surface area contributed by atoms with E-state index in [9.17, 15) is 0 Å². The van der Waals surface area contributed by atoms with Gasteiger partial charge in [-0.3, -0.25) is 0 Å². The van der Waals surface area contributed by atoms with Crippen molar-refractivity contribution >= 4 is 5.69 Å². The molecule has 14 heavy (non-hydrogen) atoms. The van der Waals surface area contributed by atoms with Gasteiger partial charge >= 0.3 is 0 Å². The molecule has 3 rings (SSSR count). The number of anilines is 1. The predicted molar refractivity (Wildman–Crippen MR) is 56.7 cm³/mol. The first-order valence-electron chi connectivity index (χ1n) is 5.28. The van der Waals surface area contributed by atoms with Crippen molar-refractivity contribution in [2.45, 2.75) is 25.5 Å². The molecule has 0 saturated carbocycles. The van der Waals surface area contributed by atoms with E-state index in [-0.39, 0.29) is 0 Å². The highest BCUT2D eigenvalue weighted by Crippen LogP contribution is 2.33. The summed E-state index contributed by atoms with van der Waals surface area (Å²) in [5, 5.41) is 0. The van der Waals surface area contributed by atoms with Crippen LogP contribution in [0.4, 0.5) is 5.69 Å². The lowest BCUT2D eigenvalue weighted by Crippen LogP contribution is -2.37. The number of nitrogens with zero attached hydrogens (tertiary/aromatic N) is 1. The first-order valence-corrected chi connectivity index (χ1v) is 5.28. The van der Waals surface area contributed by atoms with Crippen LogP contribution in [0, 0.1) is 6.92 Å². The number of para-hydroxylation sites is 1. The maximum Gasteiger partial charge on any atom is 0.0771 e. The molecule has 2 aliphatic rings. The highest BCUT2D eigenvalue weighted by molar-refractivity contribution is 5.55. The van der Waals surface area contributed by atoms with E-state index in [1.807, 2.05) is 0 Å². The minimum atomic E-state index is 0.486. The van der Waals surface area contributed by atoms with Crippen LogP contribution in [0.2, 0.25) is 0 Å². The van der Waals surface area contributed by atoms with Crippen LogP contribution in [-0.4, -0.2) is 25.3 Å². The summed E-state index contributed by atoms with van der Waals surface area (Å²) in [6, 6.07) is 9.25. The minimum absolute atomic E-state index is 0.486. The molecule has 2 heterocycles. The van der Waals surface area contributed by atoms with Gasteiger partial charge in [0, 0.05) is 12.2 Å². The third kappa shape index (κ3) is 1.14. The molecule has 2 nitrogen and oxygen atoms in total. The van der Waals surface area contributed by atoms with Crippen LogP contribution < -0.4 is 4.90 Å². The zero-order valence-corrected chi connectivity index (χ0v) is 8.44. The Kier molecular flexibility index (Phi) is 1.77. The van der Waals surface area contributed by atoms with Crippen molar-refractivity contribution in [2.75, 3.05) is 18.1 Å². The molecule has 0 radical (unpaired) electrons. The minimum Gasteiger partial charge on any atom is -0.374 e. The molecule has 2 heteroatoms. The molecular formula is C12H15NO. The lowest BCUT2D eigenvalue weighted by molar-refractivity contribution is 0.0991. The van der Waals surface area contributed by atoms with Gasteiger partial charge < -0.3 is 9.64 Å². The third-order valence-electron chi connectivity index (χ3n) is 3.33. The highest BCUT2D eigenvalue weighted by atomic mass is 16.5. The van der Waals surface area contributed by atoms with Gasteiger partial charge in [-0.25, -0.2) is 0 Å². The van der Waals surface area contributed by atoms with E-state index >= 15 is 0 Å². The SMILES string of the molecule is Cc1ccccc1N1CC2CC1CO2. The van der Waals surface area contributed by atoms with Gasteiger partial charge in [0.1, 0.15) is 0 Å². The molecular weight excluding hydrogens is 174 g/mol. The van der Waals surface area contributed by atoms with E-state index in [0.29, 0.717) is 12.1 Å². The predicted octanol–water partition coefficient (Wildman–Crippen LogP) is 1.97. The fraction of sp³-hybridized carbons (Fsp3) is 0.500. The van der Waals surface area contributed by atoms with Crippen molar-refractivity contribution in [3.63, 3.8) is 0 Å². The lowest BCUT2D eigenvalue weighted by atomic mass is 10.1. The van der Waals surface area contributed by atoms with Crippen molar-refractivity contribution in [1.82, 2.24) is 0 Å². The second-order valence-electron chi connectivity index (χ2n) is 4.28. The number of aryl methyl sites for hydroxylation is 1. The molecule has 0 aliphatic carbocycles. The average Bonchev–Trinajstić information content (AvgIpc) is 2.79. The first kappa shape index (κ1) is 8.30. The van der Waals surface area contributed by atoms with Crippen LogP contribution in [0.5, 0.6) is 0 Å². The maximum atomic E-state index is 5.60. The Balaban J connectivity index is 1.93. The highest BCUT2D eigenvalue weighted by Gasteiger charge is 2.39. The quantitative estimate of drug-likeness (QED) is 0.669. The topological polar surface area (TPSA) is 12.5 Å². The van der Waals surface area contributed by atoms with E-state index in [1.54, 1.807) is 0 Å². The second kappa shape index (κ2) is 2.99. The molecule has 2 saturated heterocycles. The molecule has 0 N–H and O–H groups in total. The average molecular weight is 189 g/mol. The summed E-state index contributed by atoms with van der Waals surface area (Å²) in [7, 11) is 0. The monoisotopic (exact) mass is 189 g/mol. The van der Waals surface area contributed by atoms with Crippen LogP contribution in [-0.2, 0) is 4.74 Å². The Morgan fingerprint density at radius 2 is 2.21 bits per heavy atom. The molecule has 1 aromatic carbocycles. The van der Waals surface area contributed by atoms with Crippen molar-refractivity contribution < 1.29 is 4.74 Å². The molecule has 0 amide bonds. The fourth-order valence-corrected chi connectivity index (χ4v) is 2.58. The molecule has 2 bridgehead atoms. The first-order chi connectivity index (χ1) is 6.84. The van der Waals surface area contributed by atoms with E-state index in [1.165, 1.54) is 17.7 Å². The van der Waals surface area contributed by atoms with Gasteiger partial charge in [-0.05, 0) is 25.0 Å². The Bertz CT molecular complexity index is 350. The second-order valence-corrected chi connectivity index (χ2v) is 4.28. The lowest BCUT2D eigenvalue weighted by Gasteiger charge is -2.30. The van der Waals surface area contributed by atoms with Crippen LogP contribution >= 0.6 is 0 Å². The number of benzene rings is 1. The summed E-state index contributed by atoms with van der Waals surface area (Å²) >= 11 is 0. The van der Waals surface area contributed by atoms with Crippen molar-refractivity contribution in [3.05, 3.63) is 29.8 Å². The number of morpholine rings is 1. The summed E-state index contributed by atoms with van der Waals surface area (Å²) in [4.78, 5) is 2.50. The molecule has 0 aromatic heterocycles. The van der Waals surface area contributed by atoms with Crippen molar-refractivity contribution in [1.29, 1.82) is 0 Å². The van der Waals surface area contributed by atoms with Gasteiger partial charge in [0.2, 0.25) is 0 Å². The number of fused-ring (bicyclic) bond motifs is 2. The zero-order chi connectivity index (χ0) is 9.54. The summed E-state index contributed by atoms with van der Waals surface area (Å²) in [6.07, 6.45) is 1.70. The molecule has 1 aromatic rings. The zero-order valence-electron chi connectivity index (χ0n) is 8.44. The van der Waals surface area contributed by atoms with E-state index in [4.69, 9.17) is 4.74 Å². The van der Waals surface area contributed by atoms with E-state index in [0.717, 1.165) is 13.2 Å². The van der Waals surface area contributed by atoms with Crippen LogP contribution in [0.1, 0.15) is 12.0 Å². The van der Waals surface area contributed by atoms with Gasteiger partial charge in [-0.2, -0.15) is 0 Å². The van der Waals surface area contributed by atoms with E-state index in [2.05, 4.69) is 36.1 Å². The van der Waals surface area contributed by atoms with Gasteiger partial charge in [0.15, 0.2) is 0 Å². The summed E-state index contributed by atoms with van der Waals surface area (Å²) < 4.78 is 5.60. The molecule has 2 unspecified atom stereocenters. The molecule has 74 valence electrons. The molecule has 2 fully saturated rings. The molecule has 0 spiro atoms. The van der Waals surface area contributed by atoms with Gasteiger partial charge in [-0.15, -0.1) is 0 Å². The Morgan fingerprint density at radius 1 is 1.36 bits per heavy atom. The number of hydrogen-bond donors (Lipinski definition) is 0. The number of ether oxygens (including phenoxy) is 1. The van der Waals surface area contributed by atoms with Gasteiger partial charge in [-0.1, -0.05) is 18.2 Å². The normalized spacial score (nSPS) is 29.9. The maximum absolute atomic E-state index is 5.60. The fourth-order valence-electron chi connectivity index (χ4n) is 2.58.